The maximum Gasteiger partial charge on any atom is 0.191 e. The van der Waals surface area contributed by atoms with Crippen LogP contribution in [-0.4, -0.2) is 30.5 Å². The third kappa shape index (κ3) is 3.37. The van der Waals surface area contributed by atoms with Crippen LogP contribution >= 0.6 is 24.0 Å². The quantitative estimate of drug-likeness (QED) is 0.466. The topological polar surface area (TPSA) is 41.6 Å². The molecule has 110 valence electrons. The SMILES string of the molecule is CC1CCN(C(N)=NCC2(C3CC3)CCC2)CC1.I. The smallest absolute Gasteiger partial charge is 0.191 e. The number of halogens is 1. The van der Waals surface area contributed by atoms with Crippen LogP contribution in [0.4, 0.5) is 0 Å². The van der Waals surface area contributed by atoms with Gasteiger partial charge in [-0.2, -0.15) is 0 Å². The second-order valence-corrected chi connectivity index (χ2v) is 6.83. The molecule has 1 heterocycles. The summed E-state index contributed by atoms with van der Waals surface area (Å²) in [5.74, 6) is 2.65. The summed E-state index contributed by atoms with van der Waals surface area (Å²) in [5, 5.41) is 0. The fraction of sp³-hybridized carbons (Fsp3) is 0.933. The first-order valence-electron chi connectivity index (χ1n) is 7.74. The first kappa shape index (κ1) is 15.4. The molecule has 4 heteroatoms. The van der Waals surface area contributed by atoms with E-state index in [0.29, 0.717) is 5.41 Å². The van der Waals surface area contributed by atoms with Gasteiger partial charge in [-0.25, -0.2) is 0 Å². The average molecular weight is 377 g/mol. The van der Waals surface area contributed by atoms with Gasteiger partial charge in [0.1, 0.15) is 0 Å². The van der Waals surface area contributed by atoms with Gasteiger partial charge in [0.15, 0.2) is 5.96 Å². The van der Waals surface area contributed by atoms with Crippen molar-refractivity contribution < 1.29 is 0 Å². The molecule has 1 saturated heterocycles. The van der Waals surface area contributed by atoms with E-state index in [1.807, 2.05) is 0 Å². The van der Waals surface area contributed by atoms with Crippen molar-refractivity contribution in [3.05, 3.63) is 0 Å². The van der Waals surface area contributed by atoms with E-state index in [4.69, 9.17) is 10.7 Å². The van der Waals surface area contributed by atoms with Crippen LogP contribution in [0.2, 0.25) is 0 Å². The summed E-state index contributed by atoms with van der Waals surface area (Å²) in [6.45, 7) is 5.54. The zero-order chi connectivity index (χ0) is 12.6. The van der Waals surface area contributed by atoms with Gasteiger partial charge in [0.05, 0.1) is 0 Å². The van der Waals surface area contributed by atoms with Crippen LogP contribution in [0.25, 0.3) is 0 Å². The molecule has 0 aromatic carbocycles. The lowest BCUT2D eigenvalue weighted by atomic mass is 9.65. The average Bonchev–Trinajstić information content (AvgIpc) is 3.13. The van der Waals surface area contributed by atoms with Crippen molar-refractivity contribution in [2.75, 3.05) is 19.6 Å². The van der Waals surface area contributed by atoms with Crippen molar-refractivity contribution in [3.63, 3.8) is 0 Å². The Morgan fingerprint density at radius 2 is 1.84 bits per heavy atom. The van der Waals surface area contributed by atoms with Gasteiger partial charge in [0.2, 0.25) is 0 Å². The molecule has 3 rings (SSSR count). The van der Waals surface area contributed by atoms with Crippen LogP contribution in [0.5, 0.6) is 0 Å². The normalized spacial score (nSPS) is 27.6. The molecule has 1 aliphatic heterocycles. The number of aliphatic imine (C=N–C) groups is 1. The summed E-state index contributed by atoms with van der Waals surface area (Å²) in [4.78, 5) is 7.04. The Hall–Kier alpha value is 0. The summed E-state index contributed by atoms with van der Waals surface area (Å²) < 4.78 is 0. The highest BCUT2D eigenvalue weighted by molar-refractivity contribution is 14.0. The maximum absolute atomic E-state index is 6.18. The Morgan fingerprint density at radius 1 is 1.21 bits per heavy atom. The summed E-state index contributed by atoms with van der Waals surface area (Å²) in [5.41, 5.74) is 6.74. The third-order valence-corrected chi connectivity index (χ3v) is 5.46. The molecule has 2 N–H and O–H groups in total. The van der Waals surface area contributed by atoms with Gasteiger partial charge in [-0.1, -0.05) is 13.3 Å². The van der Waals surface area contributed by atoms with E-state index in [1.165, 1.54) is 44.9 Å². The zero-order valence-corrected chi connectivity index (χ0v) is 14.4. The highest BCUT2D eigenvalue weighted by Gasteiger charge is 2.48. The Labute approximate surface area is 134 Å². The first-order valence-corrected chi connectivity index (χ1v) is 7.74. The van der Waals surface area contributed by atoms with Gasteiger partial charge < -0.3 is 10.6 Å². The fourth-order valence-electron chi connectivity index (χ4n) is 3.60. The standard InChI is InChI=1S/C15H27N3.HI/c1-12-5-9-18(10-6-12)14(16)17-11-15(7-2-8-15)13-3-4-13;/h12-13H,2-11H2,1H3,(H2,16,17);1H. The monoisotopic (exact) mass is 377 g/mol. The number of guanidine groups is 1. The highest BCUT2D eigenvalue weighted by atomic mass is 127. The highest BCUT2D eigenvalue weighted by Crippen LogP contribution is 2.57. The molecule has 0 atom stereocenters. The molecule has 3 fully saturated rings. The molecule has 3 nitrogen and oxygen atoms in total. The van der Waals surface area contributed by atoms with E-state index >= 15 is 0 Å². The van der Waals surface area contributed by atoms with E-state index in [-0.39, 0.29) is 24.0 Å². The van der Waals surface area contributed by atoms with Gasteiger partial charge in [0.25, 0.3) is 0 Å². The second kappa shape index (κ2) is 6.19. The molecule has 0 aromatic rings. The molecule has 0 spiro atoms. The first-order chi connectivity index (χ1) is 8.70. The van der Waals surface area contributed by atoms with Crippen molar-refractivity contribution in [3.8, 4) is 0 Å². The third-order valence-electron chi connectivity index (χ3n) is 5.46. The zero-order valence-electron chi connectivity index (χ0n) is 12.1. The largest absolute Gasteiger partial charge is 0.370 e. The molecular formula is C15H28IN3. The number of rotatable bonds is 3. The predicted octanol–water partition coefficient (Wildman–Crippen LogP) is 3.23. The van der Waals surface area contributed by atoms with Crippen molar-refractivity contribution in [1.82, 2.24) is 4.90 Å². The maximum atomic E-state index is 6.18. The molecule has 0 unspecified atom stereocenters. The molecule has 0 radical (unpaired) electrons. The van der Waals surface area contributed by atoms with Crippen LogP contribution in [0.3, 0.4) is 0 Å². The van der Waals surface area contributed by atoms with Crippen molar-refractivity contribution in [1.29, 1.82) is 0 Å². The lowest BCUT2D eigenvalue weighted by Crippen LogP contribution is -2.44. The van der Waals surface area contributed by atoms with Crippen molar-refractivity contribution >= 4 is 29.9 Å². The Morgan fingerprint density at radius 3 is 2.32 bits per heavy atom. The molecule has 0 aromatic heterocycles. The Balaban J connectivity index is 0.00000133. The van der Waals surface area contributed by atoms with Crippen molar-refractivity contribution in [2.45, 2.75) is 51.9 Å². The van der Waals surface area contributed by atoms with Crippen LogP contribution < -0.4 is 5.73 Å². The number of nitrogens with zero attached hydrogens (tertiary/aromatic N) is 2. The Kier molecular flexibility index (Phi) is 5.01. The molecule has 19 heavy (non-hydrogen) atoms. The van der Waals surface area contributed by atoms with E-state index < -0.39 is 0 Å². The van der Waals surface area contributed by atoms with Crippen molar-refractivity contribution in [2.24, 2.45) is 28.0 Å². The van der Waals surface area contributed by atoms with Gasteiger partial charge in [-0.05, 0) is 55.8 Å². The van der Waals surface area contributed by atoms with Crippen LogP contribution in [0.1, 0.15) is 51.9 Å². The number of hydrogen-bond donors (Lipinski definition) is 1. The molecule has 3 aliphatic rings. The van der Waals surface area contributed by atoms with Crippen LogP contribution in [0.15, 0.2) is 4.99 Å². The van der Waals surface area contributed by atoms with Crippen LogP contribution in [-0.2, 0) is 0 Å². The van der Waals surface area contributed by atoms with E-state index in [2.05, 4.69) is 11.8 Å². The summed E-state index contributed by atoms with van der Waals surface area (Å²) in [7, 11) is 0. The summed E-state index contributed by atoms with van der Waals surface area (Å²) in [6, 6.07) is 0. The minimum atomic E-state index is 0. The molecule has 0 amide bonds. The van der Waals surface area contributed by atoms with E-state index in [1.54, 1.807) is 0 Å². The number of likely N-dealkylation sites (tertiary alicyclic amines) is 1. The summed E-state index contributed by atoms with van der Waals surface area (Å²) in [6.07, 6.45) is 9.62. The van der Waals surface area contributed by atoms with Gasteiger partial charge >= 0.3 is 0 Å². The number of piperidine rings is 1. The number of hydrogen-bond acceptors (Lipinski definition) is 1. The number of nitrogens with two attached hydrogens (primary N) is 1. The lowest BCUT2D eigenvalue weighted by molar-refractivity contribution is 0.112. The molecule has 2 aliphatic carbocycles. The van der Waals surface area contributed by atoms with Gasteiger partial charge in [0, 0.05) is 19.6 Å². The van der Waals surface area contributed by atoms with Gasteiger partial charge in [-0.15, -0.1) is 24.0 Å². The second-order valence-electron chi connectivity index (χ2n) is 6.83. The lowest BCUT2D eigenvalue weighted by Gasteiger charge is -2.41. The van der Waals surface area contributed by atoms with E-state index in [0.717, 1.165) is 37.4 Å². The molecule has 0 bridgehead atoms. The predicted molar refractivity (Wildman–Crippen MR) is 90.9 cm³/mol. The van der Waals surface area contributed by atoms with Crippen LogP contribution in [0, 0.1) is 17.3 Å². The molecule has 2 saturated carbocycles. The summed E-state index contributed by atoms with van der Waals surface area (Å²) >= 11 is 0. The van der Waals surface area contributed by atoms with Gasteiger partial charge in [-0.3, -0.25) is 4.99 Å². The minimum absolute atomic E-state index is 0. The minimum Gasteiger partial charge on any atom is -0.370 e. The Bertz CT molecular complexity index is 326. The fourth-order valence-corrected chi connectivity index (χ4v) is 3.60. The van der Waals surface area contributed by atoms with E-state index in [9.17, 15) is 0 Å². The molecular weight excluding hydrogens is 349 g/mol.